The molecule has 2 rings (SSSR count). The third kappa shape index (κ3) is 7.57. The Morgan fingerprint density at radius 2 is 1.69 bits per heavy atom. The monoisotopic (exact) mass is 408 g/mol. The van der Waals surface area contributed by atoms with E-state index in [1.807, 2.05) is 30.1 Å². The molecule has 2 aromatic rings. The van der Waals surface area contributed by atoms with E-state index in [1.165, 1.54) is 12.1 Å². The van der Waals surface area contributed by atoms with Crippen LogP contribution in [0.5, 0.6) is 17.2 Å². The van der Waals surface area contributed by atoms with Gasteiger partial charge in [-0.1, -0.05) is 18.2 Å². The number of benzene rings is 2. The standard InChI is InChI=1S/C21H26F2N2O4/c1-25(13-16-4-7-17(8-5-16)29-21(22)23)14-20(26)24-11-10-15-6-9-18(27-2)19(12-15)28-3/h4-9,12,21H,10-11,13-14H2,1-3H3,(H,24,26). The minimum Gasteiger partial charge on any atom is -0.493 e. The van der Waals surface area contributed by atoms with E-state index in [-0.39, 0.29) is 18.2 Å². The highest BCUT2D eigenvalue weighted by Gasteiger charge is 2.09. The minimum atomic E-state index is -2.84. The second kappa shape index (κ2) is 11.2. The quantitative estimate of drug-likeness (QED) is 0.619. The average molecular weight is 408 g/mol. The van der Waals surface area contributed by atoms with Crippen molar-refractivity contribution in [3.63, 3.8) is 0 Å². The molecule has 0 aromatic heterocycles. The maximum atomic E-state index is 12.2. The van der Waals surface area contributed by atoms with Gasteiger partial charge in [0.2, 0.25) is 5.91 Å². The number of carbonyl (C=O) groups is 1. The zero-order valence-electron chi connectivity index (χ0n) is 16.8. The summed E-state index contributed by atoms with van der Waals surface area (Å²) in [6.45, 7) is -1.60. The third-order valence-electron chi connectivity index (χ3n) is 4.20. The van der Waals surface area contributed by atoms with Gasteiger partial charge in [-0.15, -0.1) is 0 Å². The summed E-state index contributed by atoms with van der Waals surface area (Å²) in [6.07, 6.45) is 0.668. The van der Waals surface area contributed by atoms with Gasteiger partial charge < -0.3 is 19.5 Å². The van der Waals surface area contributed by atoms with Crippen LogP contribution in [0.15, 0.2) is 42.5 Å². The molecule has 0 bridgehead atoms. The summed E-state index contributed by atoms with van der Waals surface area (Å²) in [4.78, 5) is 14.0. The Balaban J connectivity index is 1.74. The van der Waals surface area contributed by atoms with Crippen LogP contribution in [-0.4, -0.2) is 51.8 Å². The summed E-state index contributed by atoms with van der Waals surface area (Å²) in [6, 6.07) is 12.0. The van der Waals surface area contributed by atoms with Gasteiger partial charge in [-0.05, 0) is 48.9 Å². The molecule has 0 atom stereocenters. The van der Waals surface area contributed by atoms with Crippen molar-refractivity contribution in [2.24, 2.45) is 0 Å². The SMILES string of the molecule is COc1ccc(CCNC(=O)CN(C)Cc2ccc(OC(F)F)cc2)cc1OC. The minimum absolute atomic E-state index is 0.0920. The van der Waals surface area contributed by atoms with Crippen molar-refractivity contribution in [1.29, 1.82) is 0 Å². The Morgan fingerprint density at radius 3 is 2.31 bits per heavy atom. The Morgan fingerprint density at radius 1 is 1.03 bits per heavy atom. The largest absolute Gasteiger partial charge is 0.493 e. The lowest BCUT2D eigenvalue weighted by Gasteiger charge is -2.17. The fourth-order valence-corrected chi connectivity index (χ4v) is 2.83. The molecule has 1 N–H and O–H groups in total. The van der Waals surface area contributed by atoms with Gasteiger partial charge >= 0.3 is 6.61 Å². The molecule has 0 saturated heterocycles. The van der Waals surface area contributed by atoms with Gasteiger partial charge in [0.25, 0.3) is 0 Å². The smallest absolute Gasteiger partial charge is 0.387 e. The van der Waals surface area contributed by atoms with E-state index in [0.717, 1.165) is 11.1 Å². The molecule has 0 spiro atoms. The predicted molar refractivity (Wildman–Crippen MR) is 106 cm³/mol. The lowest BCUT2D eigenvalue weighted by Crippen LogP contribution is -2.35. The molecular weight excluding hydrogens is 382 g/mol. The maximum absolute atomic E-state index is 12.2. The molecule has 2 aromatic carbocycles. The third-order valence-corrected chi connectivity index (χ3v) is 4.20. The average Bonchev–Trinajstić information content (AvgIpc) is 2.68. The Hall–Kier alpha value is -2.87. The highest BCUT2D eigenvalue weighted by molar-refractivity contribution is 5.77. The van der Waals surface area contributed by atoms with Gasteiger partial charge in [-0.3, -0.25) is 9.69 Å². The first-order chi connectivity index (χ1) is 13.9. The molecule has 0 unspecified atom stereocenters. The number of amides is 1. The zero-order chi connectivity index (χ0) is 21.2. The summed E-state index contributed by atoms with van der Waals surface area (Å²) in [5, 5.41) is 2.89. The molecule has 8 heteroatoms. The van der Waals surface area contributed by atoms with E-state index in [9.17, 15) is 13.6 Å². The lowest BCUT2D eigenvalue weighted by molar-refractivity contribution is -0.122. The van der Waals surface area contributed by atoms with E-state index < -0.39 is 6.61 Å². The van der Waals surface area contributed by atoms with Crippen molar-refractivity contribution in [1.82, 2.24) is 10.2 Å². The number of likely N-dealkylation sites (N-methyl/N-ethyl adjacent to an activating group) is 1. The van der Waals surface area contributed by atoms with Gasteiger partial charge in [-0.2, -0.15) is 8.78 Å². The van der Waals surface area contributed by atoms with Crippen LogP contribution in [0, 0.1) is 0 Å². The van der Waals surface area contributed by atoms with E-state index in [4.69, 9.17) is 9.47 Å². The number of alkyl halides is 2. The number of rotatable bonds is 11. The van der Waals surface area contributed by atoms with Crippen molar-refractivity contribution in [2.45, 2.75) is 19.6 Å². The molecule has 0 aliphatic carbocycles. The van der Waals surface area contributed by atoms with Crippen LogP contribution in [0.25, 0.3) is 0 Å². The fourth-order valence-electron chi connectivity index (χ4n) is 2.83. The number of hydrogen-bond acceptors (Lipinski definition) is 5. The van der Waals surface area contributed by atoms with Gasteiger partial charge in [0, 0.05) is 13.1 Å². The summed E-state index contributed by atoms with van der Waals surface area (Å²) in [7, 11) is 4.98. The number of methoxy groups -OCH3 is 2. The first kappa shape index (κ1) is 22.4. The van der Waals surface area contributed by atoms with Crippen molar-refractivity contribution in [3.05, 3.63) is 53.6 Å². The molecule has 6 nitrogen and oxygen atoms in total. The lowest BCUT2D eigenvalue weighted by atomic mass is 10.1. The second-order valence-corrected chi connectivity index (χ2v) is 6.48. The summed E-state index contributed by atoms with van der Waals surface area (Å²) in [5.74, 6) is 1.33. The summed E-state index contributed by atoms with van der Waals surface area (Å²) in [5.41, 5.74) is 1.93. The molecule has 158 valence electrons. The highest BCUT2D eigenvalue weighted by Crippen LogP contribution is 2.27. The second-order valence-electron chi connectivity index (χ2n) is 6.48. The molecule has 0 fully saturated rings. The number of nitrogens with zero attached hydrogens (tertiary/aromatic N) is 1. The van der Waals surface area contributed by atoms with Crippen LogP contribution in [0.3, 0.4) is 0 Å². The Bertz CT molecular complexity index is 785. The molecule has 29 heavy (non-hydrogen) atoms. The predicted octanol–water partition coefficient (Wildman–Crippen LogP) is 3.10. The molecule has 0 aliphatic heterocycles. The van der Waals surface area contributed by atoms with E-state index in [2.05, 4.69) is 10.1 Å². The highest BCUT2D eigenvalue weighted by atomic mass is 19.3. The number of hydrogen-bond donors (Lipinski definition) is 1. The van der Waals surface area contributed by atoms with Crippen LogP contribution in [0.4, 0.5) is 8.78 Å². The fraction of sp³-hybridized carbons (Fsp3) is 0.381. The number of carbonyl (C=O) groups excluding carboxylic acids is 1. The van der Waals surface area contributed by atoms with Crippen molar-refractivity contribution in [3.8, 4) is 17.2 Å². The van der Waals surface area contributed by atoms with Gasteiger partial charge in [0.15, 0.2) is 11.5 Å². The first-order valence-corrected chi connectivity index (χ1v) is 9.11. The van der Waals surface area contributed by atoms with Crippen LogP contribution in [0.2, 0.25) is 0 Å². The Kier molecular flexibility index (Phi) is 8.67. The van der Waals surface area contributed by atoms with Crippen LogP contribution >= 0.6 is 0 Å². The molecular formula is C21H26F2N2O4. The molecule has 0 heterocycles. The van der Waals surface area contributed by atoms with E-state index in [1.54, 1.807) is 26.4 Å². The van der Waals surface area contributed by atoms with Crippen LogP contribution < -0.4 is 19.5 Å². The summed E-state index contributed by atoms with van der Waals surface area (Å²) >= 11 is 0. The van der Waals surface area contributed by atoms with Gasteiger partial charge in [-0.25, -0.2) is 0 Å². The van der Waals surface area contributed by atoms with Gasteiger partial charge in [0.1, 0.15) is 5.75 Å². The molecule has 0 saturated carbocycles. The van der Waals surface area contributed by atoms with E-state index >= 15 is 0 Å². The molecule has 1 amide bonds. The normalized spacial score (nSPS) is 10.9. The summed E-state index contributed by atoms with van der Waals surface area (Å²) < 4.78 is 39.1. The van der Waals surface area contributed by atoms with Crippen molar-refractivity contribution in [2.75, 3.05) is 34.4 Å². The Labute approximate surface area is 169 Å². The van der Waals surface area contributed by atoms with Gasteiger partial charge in [0.05, 0.1) is 20.8 Å². The van der Waals surface area contributed by atoms with Crippen LogP contribution in [-0.2, 0) is 17.8 Å². The van der Waals surface area contributed by atoms with Crippen LogP contribution in [0.1, 0.15) is 11.1 Å². The maximum Gasteiger partial charge on any atom is 0.387 e. The topological polar surface area (TPSA) is 60.0 Å². The first-order valence-electron chi connectivity index (χ1n) is 9.11. The molecule has 0 radical (unpaired) electrons. The zero-order valence-corrected chi connectivity index (χ0v) is 16.8. The number of ether oxygens (including phenoxy) is 3. The van der Waals surface area contributed by atoms with E-state index in [0.29, 0.717) is 31.0 Å². The van der Waals surface area contributed by atoms with Crippen molar-refractivity contribution < 1.29 is 27.8 Å². The number of nitrogens with one attached hydrogen (secondary N) is 1. The number of halogens is 2. The molecule has 0 aliphatic rings. The van der Waals surface area contributed by atoms with Crippen molar-refractivity contribution >= 4 is 5.91 Å².